The number of amides is 4. The van der Waals surface area contributed by atoms with Gasteiger partial charge in [-0.25, -0.2) is 0 Å². The van der Waals surface area contributed by atoms with E-state index in [1.54, 1.807) is 13.8 Å². The van der Waals surface area contributed by atoms with Gasteiger partial charge in [0.25, 0.3) is 0 Å². The molecule has 4 rings (SSSR count). The molecular weight excluding hydrogens is 703 g/mol. The lowest BCUT2D eigenvalue weighted by Crippen LogP contribution is -2.50. The molecule has 1 unspecified atom stereocenters. The summed E-state index contributed by atoms with van der Waals surface area (Å²) in [5.41, 5.74) is 5.82. The maximum Gasteiger partial charge on any atom is 0.325 e. The Balaban J connectivity index is 1.49. The van der Waals surface area contributed by atoms with E-state index < -0.39 is 54.9 Å². The molecule has 4 amide bonds. The standard InChI is InChI=1S/C38H45N4O8PS/c1-3-49-35(45)25-40-36(46)31(41-33(43)21-20-30(39)38(48)50-4-2)26-52-32-24-34(44)42(37(32)47)22-23-51(27-14-8-5-9-15-27,28-16-10-6-11-17-28)29-18-12-7-13-19-29/h5-19,30-32H,3-4,20-26,39H2,1-2H3,(H-,40,41,43,46)/p+1/t30-,31-,32?/m0/s1. The molecule has 52 heavy (non-hydrogen) atoms. The van der Waals surface area contributed by atoms with Gasteiger partial charge in [-0.3, -0.25) is 33.7 Å². The number of likely N-dealkylation sites (tertiary alicyclic amines) is 1. The maximum absolute atomic E-state index is 13.8. The fraction of sp³-hybridized carbons (Fsp3) is 0.368. The summed E-state index contributed by atoms with van der Waals surface area (Å²) in [6.07, 6.45) is 0.286. The second-order valence-electron chi connectivity index (χ2n) is 12.0. The summed E-state index contributed by atoms with van der Waals surface area (Å²) in [4.78, 5) is 78.3. The van der Waals surface area contributed by atoms with Crippen LogP contribution in [0.5, 0.6) is 0 Å². The van der Waals surface area contributed by atoms with Gasteiger partial charge in [0, 0.05) is 18.6 Å². The molecule has 1 aliphatic heterocycles. The Morgan fingerprint density at radius 2 is 1.40 bits per heavy atom. The van der Waals surface area contributed by atoms with E-state index >= 15 is 0 Å². The van der Waals surface area contributed by atoms with E-state index in [4.69, 9.17) is 15.2 Å². The van der Waals surface area contributed by atoms with Crippen LogP contribution in [0, 0.1) is 0 Å². The normalized spacial score (nSPS) is 15.4. The first-order valence-corrected chi connectivity index (χ1v) is 20.3. The van der Waals surface area contributed by atoms with Gasteiger partial charge in [0.1, 0.15) is 41.8 Å². The molecular formula is C38H46N4O8PS+. The van der Waals surface area contributed by atoms with Crippen LogP contribution >= 0.6 is 19.0 Å². The highest BCUT2D eigenvalue weighted by molar-refractivity contribution is 8.00. The van der Waals surface area contributed by atoms with Gasteiger partial charge >= 0.3 is 11.9 Å². The van der Waals surface area contributed by atoms with Crippen LogP contribution in [-0.2, 0) is 38.2 Å². The Bertz CT molecular complexity index is 1590. The second-order valence-corrected chi connectivity index (χ2v) is 16.8. The van der Waals surface area contributed by atoms with E-state index in [1.807, 2.05) is 54.6 Å². The highest BCUT2D eigenvalue weighted by Gasteiger charge is 2.48. The summed E-state index contributed by atoms with van der Waals surface area (Å²) in [5.74, 6) is -3.25. The number of ether oxygens (including phenoxy) is 2. The minimum atomic E-state index is -2.31. The van der Waals surface area contributed by atoms with Crippen molar-refractivity contribution >= 4 is 70.5 Å². The summed E-state index contributed by atoms with van der Waals surface area (Å²) in [6.45, 7) is 3.34. The molecule has 0 saturated carbocycles. The molecule has 276 valence electrons. The molecule has 0 aromatic heterocycles. The molecule has 1 fully saturated rings. The highest BCUT2D eigenvalue weighted by Crippen LogP contribution is 2.55. The van der Waals surface area contributed by atoms with Gasteiger partial charge in [-0.05, 0) is 56.7 Å². The number of rotatable bonds is 19. The van der Waals surface area contributed by atoms with Crippen LogP contribution in [0.25, 0.3) is 0 Å². The number of hydrogen-bond acceptors (Lipinski definition) is 10. The molecule has 3 atom stereocenters. The number of hydrogen-bond donors (Lipinski definition) is 3. The van der Waals surface area contributed by atoms with Crippen molar-refractivity contribution in [3.05, 3.63) is 91.0 Å². The third-order valence-corrected chi connectivity index (χ3v) is 14.3. The van der Waals surface area contributed by atoms with Crippen molar-refractivity contribution < 1.29 is 38.2 Å². The van der Waals surface area contributed by atoms with E-state index in [9.17, 15) is 28.8 Å². The fourth-order valence-corrected chi connectivity index (χ4v) is 11.4. The summed E-state index contributed by atoms with van der Waals surface area (Å²) >= 11 is 1.09. The van der Waals surface area contributed by atoms with Crippen LogP contribution in [0.4, 0.5) is 0 Å². The number of esters is 2. The smallest absolute Gasteiger partial charge is 0.325 e. The average molecular weight is 750 g/mol. The third-order valence-electron chi connectivity index (χ3n) is 8.55. The first kappa shape index (κ1) is 40.2. The van der Waals surface area contributed by atoms with Crippen molar-refractivity contribution in [2.75, 3.05) is 38.2 Å². The van der Waals surface area contributed by atoms with E-state index in [0.29, 0.717) is 6.16 Å². The molecule has 1 heterocycles. The lowest BCUT2D eigenvalue weighted by molar-refractivity contribution is -0.145. The molecule has 1 saturated heterocycles. The summed E-state index contributed by atoms with van der Waals surface area (Å²) in [5, 5.41) is 7.70. The zero-order valence-corrected chi connectivity index (χ0v) is 31.1. The molecule has 12 nitrogen and oxygen atoms in total. The predicted octanol–water partition coefficient (Wildman–Crippen LogP) is 1.68. The van der Waals surface area contributed by atoms with Crippen LogP contribution in [-0.4, -0.2) is 96.0 Å². The van der Waals surface area contributed by atoms with E-state index in [-0.39, 0.29) is 56.6 Å². The van der Waals surface area contributed by atoms with Crippen LogP contribution in [0.2, 0.25) is 0 Å². The van der Waals surface area contributed by atoms with Crippen LogP contribution in [0.3, 0.4) is 0 Å². The third kappa shape index (κ3) is 10.5. The predicted molar refractivity (Wildman–Crippen MR) is 203 cm³/mol. The maximum atomic E-state index is 13.8. The largest absolute Gasteiger partial charge is 0.465 e. The van der Waals surface area contributed by atoms with Gasteiger partial charge in [-0.2, -0.15) is 0 Å². The number of nitrogens with one attached hydrogen (secondary N) is 2. The van der Waals surface area contributed by atoms with E-state index in [0.717, 1.165) is 27.7 Å². The Morgan fingerprint density at radius 3 is 1.92 bits per heavy atom. The average Bonchev–Trinajstić information content (AvgIpc) is 3.44. The first-order valence-electron chi connectivity index (χ1n) is 17.3. The van der Waals surface area contributed by atoms with E-state index in [1.165, 1.54) is 4.90 Å². The summed E-state index contributed by atoms with van der Waals surface area (Å²) in [6, 6.07) is 28.4. The zero-order valence-electron chi connectivity index (χ0n) is 29.4. The SMILES string of the molecule is CCOC(=O)CNC(=O)[C@H](CSC1CC(=O)N(CC[P+](c2ccccc2)(c2ccccc2)c2ccccc2)C1=O)NC(=O)CC[C@H](N)C(=O)OCC. The molecule has 1 aliphatic rings. The fourth-order valence-electron chi connectivity index (χ4n) is 5.96. The minimum Gasteiger partial charge on any atom is -0.465 e. The van der Waals surface area contributed by atoms with Crippen molar-refractivity contribution in [2.24, 2.45) is 5.73 Å². The van der Waals surface area contributed by atoms with Crippen molar-refractivity contribution in [3.63, 3.8) is 0 Å². The topological polar surface area (TPSA) is 174 Å². The Labute approximate surface area is 308 Å². The highest BCUT2D eigenvalue weighted by atomic mass is 32.2. The van der Waals surface area contributed by atoms with Crippen LogP contribution in [0.1, 0.15) is 33.1 Å². The van der Waals surface area contributed by atoms with Crippen molar-refractivity contribution in [3.8, 4) is 0 Å². The van der Waals surface area contributed by atoms with Gasteiger partial charge in [0.2, 0.25) is 23.6 Å². The van der Waals surface area contributed by atoms with Gasteiger partial charge in [-0.15, -0.1) is 11.8 Å². The Hall–Kier alpha value is -4.58. The number of benzene rings is 3. The lowest BCUT2D eigenvalue weighted by atomic mass is 10.1. The van der Waals surface area contributed by atoms with Gasteiger partial charge in [0.15, 0.2) is 0 Å². The number of thioether (sulfide) groups is 1. The van der Waals surface area contributed by atoms with E-state index in [2.05, 4.69) is 47.0 Å². The number of nitrogens with two attached hydrogens (primary N) is 1. The van der Waals surface area contributed by atoms with Crippen LogP contribution < -0.4 is 32.3 Å². The second kappa shape index (κ2) is 19.9. The molecule has 3 aromatic carbocycles. The Kier molecular flexibility index (Phi) is 15.4. The van der Waals surface area contributed by atoms with Crippen LogP contribution in [0.15, 0.2) is 91.0 Å². The molecule has 0 radical (unpaired) electrons. The number of nitrogens with zero attached hydrogens (tertiary/aromatic N) is 1. The van der Waals surface area contributed by atoms with Gasteiger partial charge in [0.05, 0.1) is 31.2 Å². The van der Waals surface area contributed by atoms with Gasteiger partial charge < -0.3 is 25.8 Å². The molecule has 4 N–H and O–H groups in total. The molecule has 0 spiro atoms. The minimum absolute atomic E-state index is 0.0152. The first-order chi connectivity index (χ1) is 25.1. The monoisotopic (exact) mass is 749 g/mol. The molecule has 3 aromatic rings. The van der Waals surface area contributed by atoms with Crippen molar-refractivity contribution in [1.29, 1.82) is 0 Å². The zero-order chi connectivity index (χ0) is 37.5. The lowest BCUT2D eigenvalue weighted by Gasteiger charge is -2.29. The van der Waals surface area contributed by atoms with Crippen molar-refractivity contribution in [2.45, 2.75) is 50.4 Å². The summed E-state index contributed by atoms with van der Waals surface area (Å²) in [7, 11) is -2.31. The van der Waals surface area contributed by atoms with Gasteiger partial charge in [-0.1, -0.05) is 54.6 Å². The molecule has 0 aliphatic carbocycles. The molecule has 14 heteroatoms. The Morgan fingerprint density at radius 1 is 0.865 bits per heavy atom. The molecule has 0 bridgehead atoms. The number of carbonyl (C=O) groups is 6. The number of imide groups is 1. The number of carbonyl (C=O) groups excluding carboxylic acids is 6. The van der Waals surface area contributed by atoms with Crippen molar-refractivity contribution in [1.82, 2.24) is 15.5 Å². The summed E-state index contributed by atoms with van der Waals surface area (Å²) < 4.78 is 9.77. The quantitative estimate of drug-likeness (QED) is 0.0930.